The molecule has 5 nitrogen and oxygen atoms in total. The Morgan fingerprint density at radius 2 is 1.96 bits per heavy atom. The van der Waals surface area contributed by atoms with Crippen LogP contribution < -0.4 is 4.74 Å². The molecule has 1 saturated carbocycles. The predicted octanol–water partition coefficient (Wildman–Crippen LogP) is 3.71. The summed E-state index contributed by atoms with van der Waals surface area (Å²) in [6.07, 6.45) is 3.98. The highest BCUT2D eigenvalue weighted by Gasteiger charge is 2.33. The number of rotatable bonds is 10. The van der Waals surface area contributed by atoms with Crippen LogP contribution in [0.4, 0.5) is 0 Å². The fourth-order valence-corrected chi connectivity index (χ4v) is 2.72. The highest BCUT2D eigenvalue weighted by molar-refractivity contribution is 9.10. The first-order valence-electron chi connectivity index (χ1n) is 8.38. The van der Waals surface area contributed by atoms with E-state index in [1.165, 1.54) is 0 Å². The molecular formula is C18H24BrNO4. The molecule has 1 N–H and O–H groups in total. The Kier molecular flexibility index (Phi) is 7.09. The van der Waals surface area contributed by atoms with Gasteiger partial charge < -0.3 is 14.7 Å². The van der Waals surface area contributed by atoms with Crippen LogP contribution in [0.25, 0.3) is 0 Å². The Bertz CT molecular complexity index is 557. The molecular weight excluding hydrogens is 374 g/mol. The number of ether oxygens (including phenoxy) is 1. The third-order valence-electron chi connectivity index (χ3n) is 4.07. The van der Waals surface area contributed by atoms with E-state index in [2.05, 4.69) is 15.9 Å². The van der Waals surface area contributed by atoms with Crippen molar-refractivity contribution in [2.45, 2.75) is 45.1 Å². The number of benzene rings is 1. The van der Waals surface area contributed by atoms with Gasteiger partial charge in [0.25, 0.3) is 0 Å². The van der Waals surface area contributed by atoms with E-state index in [0.29, 0.717) is 19.6 Å². The lowest BCUT2D eigenvalue weighted by Gasteiger charge is -2.24. The van der Waals surface area contributed by atoms with Gasteiger partial charge in [0, 0.05) is 23.5 Å². The summed E-state index contributed by atoms with van der Waals surface area (Å²) in [5.74, 6) is -0.486. The van der Waals surface area contributed by atoms with Crippen LogP contribution in [0.15, 0.2) is 28.7 Å². The zero-order chi connectivity index (χ0) is 17.5. The molecule has 1 aliphatic carbocycles. The van der Waals surface area contributed by atoms with Gasteiger partial charge in [0.15, 0.2) is 0 Å². The lowest BCUT2D eigenvalue weighted by molar-refractivity contribution is -0.143. The van der Waals surface area contributed by atoms with Crippen molar-refractivity contribution in [3.63, 3.8) is 0 Å². The monoisotopic (exact) mass is 397 g/mol. The fraction of sp³-hybridized carbons (Fsp3) is 0.556. The summed E-state index contributed by atoms with van der Waals surface area (Å²) in [6.45, 7) is 2.54. The number of unbranched alkanes of at least 4 members (excludes halogenated alkanes) is 1. The van der Waals surface area contributed by atoms with Gasteiger partial charge >= 0.3 is 5.97 Å². The molecule has 0 aliphatic heterocycles. The summed E-state index contributed by atoms with van der Waals surface area (Å²) < 4.78 is 6.65. The van der Waals surface area contributed by atoms with Gasteiger partial charge in [0.2, 0.25) is 5.91 Å². The van der Waals surface area contributed by atoms with Crippen molar-refractivity contribution in [3.8, 4) is 5.75 Å². The van der Waals surface area contributed by atoms with Crippen molar-refractivity contribution in [1.82, 2.24) is 4.90 Å². The Morgan fingerprint density at radius 3 is 2.54 bits per heavy atom. The molecule has 0 spiro atoms. The molecule has 6 heteroatoms. The summed E-state index contributed by atoms with van der Waals surface area (Å²) in [6, 6.07) is 7.90. The number of carbonyl (C=O) groups is 2. The number of aliphatic carboxylic acids is 1. The molecule has 132 valence electrons. The van der Waals surface area contributed by atoms with E-state index in [1.807, 2.05) is 24.3 Å². The van der Waals surface area contributed by atoms with E-state index in [0.717, 1.165) is 35.9 Å². The second-order valence-electron chi connectivity index (χ2n) is 6.28. The summed E-state index contributed by atoms with van der Waals surface area (Å²) in [5, 5.41) is 9.03. The zero-order valence-corrected chi connectivity index (χ0v) is 15.5. The minimum Gasteiger partial charge on any atom is -0.494 e. The molecule has 1 aliphatic rings. The third kappa shape index (κ3) is 6.15. The Labute approximate surface area is 151 Å². The minimum absolute atomic E-state index is 0.0641. The van der Waals surface area contributed by atoms with Crippen molar-refractivity contribution in [3.05, 3.63) is 28.7 Å². The predicted molar refractivity (Wildman–Crippen MR) is 95.0 cm³/mol. The van der Waals surface area contributed by atoms with Crippen molar-refractivity contribution in [2.75, 3.05) is 13.2 Å². The first kappa shape index (κ1) is 18.8. The van der Waals surface area contributed by atoms with Crippen molar-refractivity contribution in [1.29, 1.82) is 0 Å². The lowest BCUT2D eigenvalue weighted by Crippen LogP contribution is -2.38. The Morgan fingerprint density at radius 1 is 1.29 bits per heavy atom. The number of nitrogens with zero attached hydrogens (tertiary/aromatic N) is 1. The van der Waals surface area contributed by atoms with Gasteiger partial charge in [-0.2, -0.15) is 0 Å². The van der Waals surface area contributed by atoms with E-state index in [4.69, 9.17) is 9.84 Å². The van der Waals surface area contributed by atoms with Crippen LogP contribution >= 0.6 is 15.9 Å². The molecule has 1 aromatic carbocycles. The summed E-state index contributed by atoms with van der Waals surface area (Å²) >= 11 is 3.38. The third-order valence-corrected chi connectivity index (χ3v) is 4.60. The van der Waals surface area contributed by atoms with Gasteiger partial charge in [-0.15, -0.1) is 0 Å². The smallest absolute Gasteiger partial charge is 0.308 e. The second-order valence-corrected chi connectivity index (χ2v) is 7.19. The SMILES string of the molecule is CC(CN(C(=O)CCCCOc1ccc(Br)cc1)C1CC1)C(=O)O. The largest absolute Gasteiger partial charge is 0.494 e. The normalized spacial score (nSPS) is 14.9. The molecule has 1 atom stereocenters. The van der Waals surface area contributed by atoms with Gasteiger partial charge in [-0.25, -0.2) is 0 Å². The van der Waals surface area contributed by atoms with E-state index >= 15 is 0 Å². The molecule has 1 amide bonds. The first-order chi connectivity index (χ1) is 11.5. The van der Waals surface area contributed by atoms with E-state index in [-0.39, 0.29) is 11.9 Å². The number of hydrogen-bond acceptors (Lipinski definition) is 3. The number of carboxylic acids is 1. The summed E-state index contributed by atoms with van der Waals surface area (Å²) in [4.78, 5) is 25.1. The van der Waals surface area contributed by atoms with Crippen molar-refractivity contribution >= 4 is 27.8 Å². The lowest BCUT2D eigenvalue weighted by atomic mass is 10.1. The van der Waals surface area contributed by atoms with Gasteiger partial charge in [-0.05, 0) is 49.9 Å². The maximum absolute atomic E-state index is 12.3. The zero-order valence-electron chi connectivity index (χ0n) is 13.9. The maximum Gasteiger partial charge on any atom is 0.308 e. The second kappa shape index (κ2) is 9.06. The van der Waals surface area contributed by atoms with Gasteiger partial charge in [0.05, 0.1) is 12.5 Å². The molecule has 1 unspecified atom stereocenters. The van der Waals surface area contributed by atoms with Gasteiger partial charge in [-0.1, -0.05) is 22.9 Å². The fourth-order valence-electron chi connectivity index (χ4n) is 2.46. The quantitative estimate of drug-likeness (QED) is 0.611. The molecule has 0 heterocycles. The van der Waals surface area contributed by atoms with E-state index in [9.17, 15) is 9.59 Å². The summed E-state index contributed by atoms with van der Waals surface area (Å²) in [7, 11) is 0. The molecule has 0 saturated heterocycles. The Balaban J connectivity index is 1.67. The van der Waals surface area contributed by atoms with Gasteiger partial charge in [-0.3, -0.25) is 9.59 Å². The number of halogens is 1. The molecule has 0 radical (unpaired) electrons. The molecule has 1 fully saturated rings. The molecule has 0 bridgehead atoms. The van der Waals surface area contributed by atoms with Crippen LogP contribution in [0.3, 0.4) is 0 Å². The Hall–Kier alpha value is -1.56. The molecule has 0 aromatic heterocycles. The maximum atomic E-state index is 12.3. The highest BCUT2D eigenvalue weighted by Crippen LogP contribution is 2.28. The number of carboxylic acid groups (broad SMARTS) is 1. The van der Waals surface area contributed by atoms with Crippen LogP contribution in [0.5, 0.6) is 5.75 Å². The van der Waals surface area contributed by atoms with Crippen LogP contribution in [-0.4, -0.2) is 41.1 Å². The van der Waals surface area contributed by atoms with E-state index in [1.54, 1.807) is 11.8 Å². The molecule has 1 aromatic rings. The summed E-state index contributed by atoms with van der Waals surface area (Å²) in [5.41, 5.74) is 0. The number of hydrogen-bond donors (Lipinski definition) is 1. The number of carbonyl (C=O) groups excluding carboxylic acids is 1. The van der Waals surface area contributed by atoms with Crippen LogP contribution in [-0.2, 0) is 9.59 Å². The first-order valence-corrected chi connectivity index (χ1v) is 9.17. The standard InChI is InChI=1S/C18H24BrNO4/c1-13(18(22)23)12-20(15-7-8-15)17(21)4-2-3-11-24-16-9-5-14(19)6-10-16/h5-6,9-10,13,15H,2-4,7-8,11-12H2,1H3,(H,22,23). The number of amides is 1. The molecule has 24 heavy (non-hydrogen) atoms. The van der Waals surface area contributed by atoms with Crippen molar-refractivity contribution in [2.24, 2.45) is 5.92 Å². The molecule has 2 rings (SSSR count). The highest BCUT2D eigenvalue weighted by atomic mass is 79.9. The van der Waals surface area contributed by atoms with Crippen LogP contribution in [0.2, 0.25) is 0 Å². The average Bonchev–Trinajstić information content (AvgIpc) is 3.38. The average molecular weight is 398 g/mol. The van der Waals surface area contributed by atoms with Gasteiger partial charge in [0.1, 0.15) is 5.75 Å². The topological polar surface area (TPSA) is 66.8 Å². The van der Waals surface area contributed by atoms with E-state index < -0.39 is 11.9 Å². The van der Waals surface area contributed by atoms with Crippen molar-refractivity contribution < 1.29 is 19.4 Å². The minimum atomic E-state index is -0.851. The van der Waals surface area contributed by atoms with Crippen LogP contribution in [0, 0.1) is 5.92 Å². The van der Waals surface area contributed by atoms with Crippen LogP contribution in [0.1, 0.15) is 39.0 Å².